The third-order valence-electron chi connectivity index (χ3n) is 3.25. The number of amides is 1. The molecule has 0 aromatic heterocycles. The molecule has 0 radical (unpaired) electrons. The van der Waals surface area contributed by atoms with E-state index in [1.807, 2.05) is 13.8 Å². The Morgan fingerprint density at radius 1 is 1.44 bits per heavy atom. The maximum atomic E-state index is 11.8. The van der Waals surface area contributed by atoms with Crippen LogP contribution in [0, 0.1) is 11.3 Å². The third kappa shape index (κ3) is 4.33. The van der Waals surface area contributed by atoms with E-state index in [0.29, 0.717) is 12.3 Å². The van der Waals surface area contributed by atoms with Gasteiger partial charge in [-0.05, 0) is 31.1 Å². The molecule has 4 nitrogen and oxygen atoms in total. The first-order chi connectivity index (χ1) is 8.38. The Balaban J connectivity index is 2.48. The average Bonchev–Trinajstić information content (AvgIpc) is 2.92. The van der Waals surface area contributed by atoms with Crippen molar-refractivity contribution in [3.05, 3.63) is 11.8 Å². The van der Waals surface area contributed by atoms with Crippen molar-refractivity contribution in [1.82, 2.24) is 5.32 Å². The van der Waals surface area contributed by atoms with E-state index in [2.05, 4.69) is 5.32 Å². The standard InChI is InChI=1S/C13H20ClNO3/c1-13(2)8-9(13)11(16)15-10(12(17)18)6-4-3-5-7-14/h6,9H,3-5,7-8H2,1-2H3,(H,15,16)(H,17,18)/t9-/m1/s1. The quantitative estimate of drug-likeness (QED) is 0.426. The Labute approximate surface area is 112 Å². The van der Waals surface area contributed by atoms with Crippen LogP contribution in [0.2, 0.25) is 0 Å². The van der Waals surface area contributed by atoms with E-state index in [1.54, 1.807) is 6.08 Å². The van der Waals surface area contributed by atoms with Gasteiger partial charge < -0.3 is 10.4 Å². The highest BCUT2D eigenvalue weighted by atomic mass is 35.5. The third-order valence-corrected chi connectivity index (χ3v) is 3.52. The Morgan fingerprint density at radius 3 is 2.50 bits per heavy atom. The van der Waals surface area contributed by atoms with Crippen LogP contribution in [0.1, 0.15) is 39.5 Å². The molecule has 0 aliphatic heterocycles. The van der Waals surface area contributed by atoms with Crippen molar-refractivity contribution in [3.63, 3.8) is 0 Å². The molecule has 0 aromatic carbocycles. The van der Waals surface area contributed by atoms with Crippen LogP contribution in [0.3, 0.4) is 0 Å². The van der Waals surface area contributed by atoms with Gasteiger partial charge in [0.2, 0.25) is 5.91 Å². The summed E-state index contributed by atoms with van der Waals surface area (Å²) in [6.45, 7) is 4.00. The zero-order valence-electron chi connectivity index (χ0n) is 10.8. The van der Waals surface area contributed by atoms with Crippen LogP contribution in [-0.4, -0.2) is 22.9 Å². The molecule has 0 spiro atoms. The summed E-state index contributed by atoms with van der Waals surface area (Å²) in [6.07, 6.45) is 4.66. The van der Waals surface area contributed by atoms with Crippen LogP contribution in [0.4, 0.5) is 0 Å². The highest BCUT2D eigenvalue weighted by Crippen LogP contribution is 2.51. The van der Waals surface area contributed by atoms with Gasteiger partial charge in [0.25, 0.3) is 0 Å². The Kier molecular flexibility index (Phi) is 5.20. The predicted molar refractivity (Wildman–Crippen MR) is 70.3 cm³/mol. The summed E-state index contributed by atoms with van der Waals surface area (Å²) in [6, 6.07) is 0. The number of halogens is 1. The lowest BCUT2D eigenvalue weighted by molar-refractivity contribution is -0.135. The molecule has 1 saturated carbocycles. The maximum Gasteiger partial charge on any atom is 0.352 e. The van der Waals surface area contributed by atoms with Crippen molar-refractivity contribution < 1.29 is 14.7 Å². The normalized spacial score (nSPS) is 21.5. The van der Waals surface area contributed by atoms with E-state index in [4.69, 9.17) is 16.7 Å². The fourth-order valence-electron chi connectivity index (χ4n) is 1.81. The lowest BCUT2D eigenvalue weighted by Crippen LogP contribution is -2.29. The van der Waals surface area contributed by atoms with Gasteiger partial charge >= 0.3 is 5.97 Å². The smallest absolute Gasteiger partial charge is 0.352 e. The van der Waals surface area contributed by atoms with E-state index < -0.39 is 5.97 Å². The summed E-state index contributed by atoms with van der Waals surface area (Å²) in [4.78, 5) is 22.8. The number of carboxylic acids is 1. The summed E-state index contributed by atoms with van der Waals surface area (Å²) in [5.74, 6) is -0.777. The van der Waals surface area contributed by atoms with Gasteiger partial charge in [-0.15, -0.1) is 11.6 Å². The molecule has 0 heterocycles. The second kappa shape index (κ2) is 6.23. The van der Waals surface area contributed by atoms with Crippen LogP contribution < -0.4 is 5.32 Å². The Hall–Kier alpha value is -1.03. The van der Waals surface area contributed by atoms with Gasteiger partial charge in [0.15, 0.2) is 0 Å². The van der Waals surface area contributed by atoms with E-state index in [1.165, 1.54) is 0 Å². The maximum absolute atomic E-state index is 11.8. The van der Waals surface area contributed by atoms with Crippen LogP contribution in [0.15, 0.2) is 11.8 Å². The minimum absolute atomic E-state index is 0.00627. The number of carbonyl (C=O) groups is 2. The number of carboxylic acid groups (broad SMARTS) is 1. The molecule has 102 valence electrons. The molecular formula is C13H20ClNO3. The summed E-state index contributed by atoms with van der Waals surface area (Å²) in [7, 11) is 0. The van der Waals surface area contributed by atoms with Gasteiger partial charge in [-0.3, -0.25) is 4.79 Å². The molecule has 0 aromatic rings. The number of unbranched alkanes of at least 4 members (excludes halogenated alkanes) is 2. The minimum atomic E-state index is -1.09. The first-order valence-electron chi connectivity index (χ1n) is 6.19. The van der Waals surface area contributed by atoms with Gasteiger partial charge in [-0.1, -0.05) is 19.9 Å². The Morgan fingerprint density at radius 2 is 2.06 bits per heavy atom. The number of aliphatic carboxylic acids is 1. The number of allylic oxidation sites excluding steroid dienone is 1. The highest BCUT2D eigenvalue weighted by molar-refractivity contribution is 6.17. The zero-order chi connectivity index (χ0) is 13.8. The molecule has 1 aliphatic rings. The lowest BCUT2D eigenvalue weighted by atomic mass is 10.1. The van der Waals surface area contributed by atoms with Gasteiger partial charge in [-0.2, -0.15) is 0 Å². The van der Waals surface area contributed by atoms with E-state index >= 15 is 0 Å². The average molecular weight is 274 g/mol. The molecule has 2 N–H and O–H groups in total. The molecule has 1 aliphatic carbocycles. The van der Waals surface area contributed by atoms with E-state index in [0.717, 1.165) is 19.3 Å². The topological polar surface area (TPSA) is 66.4 Å². The van der Waals surface area contributed by atoms with Gasteiger partial charge in [0.1, 0.15) is 5.70 Å². The van der Waals surface area contributed by atoms with E-state index in [-0.39, 0.29) is 22.9 Å². The van der Waals surface area contributed by atoms with Crippen molar-refractivity contribution in [2.45, 2.75) is 39.5 Å². The second-order valence-electron chi connectivity index (χ2n) is 5.34. The number of alkyl halides is 1. The highest BCUT2D eigenvalue weighted by Gasteiger charge is 2.50. The SMILES string of the molecule is CC1(C)C[C@@H]1C(=O)NC(=CCCCCCl)C(=O)O. The zero-order valence-corrected chi connectivity index (χ0v) is 11.6. The molecule has 1 rings (SSSR count). The summed E-state index contributed by atoms with van der Waals surface area (Å²) < 4.78 is 0. The monoisotopic (exact) mass is 273 g/mol. The predicted octanol–water partition coefficient (Wildman–Crippen LogP) is 2.53. The molecule has 0 saturated heterocycles. The summed E-state index contributed by atoms with van der Waals surface area (Å²) >= 11 is 5.54. The summed E-state index contributed by atoms with van der Waals surface area (Å²) in [5, 5.41) is 11.5. The molecule has 0 unspecified atom stereocenters. The van der Waals surface area contributed by atoms with Crippen LogP contribution >= 0.6 is 11.6 Å². The number of rotatable bonds is 7. The second-order valence-corrected chi connectivity index (χ2v) is 5.72. The first kappa shape index (κ1) is 15.0. The van der Waals surface area contributed by atoms with Gasteiger partial charge in [0.05, 0.1) is 0 Å². The molecule has 1 atom stereocenters. The van der Waals surface area contributed by atoms with Gasteiger partial charge in [0, 0.05) is 11.8 Å². The number of carbonyl (C=O) groups excluding carboxylic acids is 1. The fourth-order valence-corrected chi connectivity index (χ4v) is 2.00. The minimum Gasteiger partial charge on any atom is -0.477 e. The molecule has 5 heteroatoms. The van der Waals surface area contributed by atoms with E-state index in [9.17, 15) is 9.59 Å². The fraction of sp³-hybridized carbons (Fsp3) is 0.692. The first-order valence-corrected chi connectivity index (χ1v) is 6.72. The van der Waals surface area contributed by atoms with Crippen molar-refractivity contribution in [1.29, 1.82) is 0 Å². The van der Waals surface area contributed by atoms with Crippen molar-refractivity contribution in [3.8, 4) is 0 Å². The molecule has 18 heavy (non-hydrogen) atoms. The van der Waals surface area contributed by atoms with Crippen LogP contribution in [-0.2, 0) is 9.59 Å². The Bertz CT molecular complexity index is 363. The van der Waals surface area contributed by atoms with Crippen molar-refractivity contribution >= 4 is 23.5 Å². The molecule has 1 fully saturated rings. The molecular weight excluding hydrogens is 254 g/mol. The number of hydrogen-bond donors (Lipinski definition) is 2. The van der Waals surface area contributed by atoms with Crippen molar-refractivity contribution in [2.24, 2.45) is 11.3 Å². The summed E-state index contributed by atoms with van der Waals surface area (Å²) in [5.41, 5.74) is -0.0101. The molecule has 0 bridgehead atoms. The number of nitrogens with one attached hydrogen (secondary N) is 1. The largest absolute Gasteiger partial charge is 0.477 e. The van der Waals surface area contributed by atoms with Crippen LogP contribution in [0.5, 0.6) is 0 Å². The van der Waals surface area contributed by atoms with Crippen molar-refractivity contribution in [2.75, 3.05) is 5.88 Å². The van der Waals surface area contributed by atoms with Crippen LogP contribution in [0.25, 0.3) is 0 Å². The molecule has 1 amide bonds. The van der Waals surface area contributed by atoms with Gasteiger partial charge in [-0.25, -0.2) is 4.79 Å². The number of hydrogen-bond acceptors (Lipinski definition) is 2. The lowest BCUT2D eigenvalue weighted by Gasteiger charge is -2.07.